The van der Waals surface area contributed by atoms with Crippen LogP contribution in [0.15, 0.2) is 4.47 Å². The number of hydrogen-bond donors (Lipinski definition) is 2. The van der Waals surface area contributed by atoms with Gasteiger partial charge in [-0.2, -0.15) is 5.10 Å². The van der Waals surface area contributed by atoms with Gasteiger partial charge in [-0.25, -0.2) is 0 Å². The second kappa shape index (κ2) is 6.05. The number of nitrogens with one attached hydrogen (secondary N) is 1. The van der Waals surface area contributed by atoms with Gasteiger partial charge in [0.25, 0.3) is 0 Å². The fourth-order valence-electron chi connectivity index (χ4n) is 2.71. The third kappa shape index (κ3) is 3.36. The van der Waals surface area contributed by atoms with E-state index in [4.69, 9.17) is 5.11 Å². The second-order valence-corrected chi connectivity index (χ2v) is 6.04. The van der Waals surface area contributed by atoms with E-state index < -0.39 is 5.97 Å². The van der Waals surface area contributed by atoms with Crippen LogP contribution in [-0.4, -0.2) is 26.9 Å². The van der Waals surface area contributed by atoms with Crippen molar-refractivity contribution >= 4 is 21.9 Å². The molecule has 6 heteroatoms. The van der Waals surface area contributed by atoms with E-state index in [9.17, 15) is 4.79 Å². The number of hydrogen-bond acceptors (Lipinski definition) is 3. The second-order valence-electron chi connectivity index (χ2n) is 5.25. The number of nitrogens with zero attached hydrogens (tertiary/aromatic N) is 2. The molecule has 1 heterocycles. The van der Waals surface area contributed by atoms with Crippen LogP contribution in [0.1, 0.15) is 37.1 Å². The molecule has 0 saturated heterocycles. The molecule has 0 aromatic carbocycles. The number of carboxylic acid groups (broad SMARTS) is 1. The van der Waals surface area contributed by atoms with Crippen molar-refractivity contribution in [2.24, 2.45) is 13.0 Å². The van der Waals surface area contributed by atoms with Crippen molar-refractivity contribution in [1.29, 1.82) is 0 Å². The number of aromatic nitrogens is 2. The molecule has 2 unspecified atom stereocenters. The van der Waals surface area contributed by atoms with Crippen molar-refractivity contribution < 1.29 is 9.90 Å². The van der Waals surface area contributed by atoms with Gasteiger partial charge in [-0.15, -0.1) is 0 Å². The third-order valence-electron chi connectivity index (χ3n) is 3.84. The molecule has 0 bridgehead atoms. The standard InChI is InChI=1S/C13H20BrN3O2/c1-8-12(14)11(17(2)16-8)7-15-10-5-3-4-9(6-10)13(18)19/h9-10,15H,3-7H2,1-2H3,(H,18,19). The highest BCUT2D eigenvalue weighted by molar-refractivity contribution is 9.10. The molecule has 1 aliphatic carbocycles. The Bertz CT molecular complexity index is 473. The number of aliphatic carboxylic acids is 1. The minimum atomic E-state index is -0.663. The Hall–Kier alpha value is -0.880. The summed E-state index contributed by atoms with van der Waals surface area (Å²) in [7, 11) is 1.93. The molecular weight excluding hydrogens is 310 g/mol. The van der Waals surface area contributed by atoms with Crippen molar-refractivity contribution in [3.63, 3.8) is 0 Å². The lowest BCUT2D eigenvalue weighted by Crippen LogP contribution is -2.36. The molecule has 2 atom stereocenters. The predicted octanol–water partition coefficient (Wildman–Crippen LogP) is 2.22. The summed E-state index contributed by atoms with van der Waals surface area (Å²) < 4.78 is 2.90. The quantitative estimate of drug-likeness (QED) is 0.888. The third-order valence-corrected chi connectivity index (χ3v) is 4.87. The first-order chi connectivity index (χ1) is 8.99. The summed E-state index contributed by atoms with van der Waals surface area (Å²) >= 11 is 3.54. The van der Waals surface area contributed by atoms with E-state index in [1.807, 2.05) is 18.7 Å². The van der Waals surface area contributed by atoms with E-state index in [1.165, 1.54) is 0 Å². The minimum Gasteiger partial charge on any atom is -0.481 e. The van der Waals surface area contributed by atoms with Crippen LogP contribution < -0.4 is 5.32 Å². The summed E-state index contributed by atoms with van der Waals surface area (Å²) in [6.45, 7) is 2.68. The number of aryl methyl sites for hydroxylation is 2. The average molecular weight is 330 g/mol. The highest BCUT2D eigenvalue weighted by atomic mass is 79.9. The lowest BCUT2D eigenvalue weighted by Gasteiger charge is -2.27. The van der Waals surface area contributed by atoms with Crippen LogP contribution in [0.4, 0.5) is 0 Å². The van der Waals surface area contributed by atoms with Crippen LogP contribution in [0.2, 0.25) is 0 Å². The molecule has 1 saturated carbocycles. The van der Waals surface area contributed by atoms with Gasteiger partial charge in [0.2, 0.25) is 0 Å². The average Bonchev–Trinajstić information content (AvgIpc) is 2.61. The zero-order valence-electron chi connectivity index (χ0n) is 11.3. The molecule has 19 heavy (non-hydrogen) atoms. The molecule has 0 amide bonds. The van der Waals surface area contributed by atoms with E-state index in [1.54, 1.807) is 0 Å². The first-order valence-electron chi connectivity index (χ1n) is 6.63. The maximum Gasteiger partial charge on any atom is 0.306 e. The van der Waals surface area contributed by atoms with Gasteiger partial charge >= 0.3 is 5.97 Å². The highest BCUT2D eigenvalue weighted by Crippen LogP contribution is 2.25. The van der Waals surface area contributed by atoms with E-state index >= 15 is 0 Å². The van der Waals surface area contributed by atoms with Gasteiger partial charge in [0.1, 0.15) is 0 Å². The van der Waals surface area contributed by atoms with Crippen LogP contribution in [0, 0.1) is 12.8 Å². The SMILES string of the molecule is Cc1nn(C)c(CNC2CCCC(C(=O)O)C2)c1Br. The van der Waals surface area contributed by atoms with Crippen LogP contribution in [-0.2, 0) is 18.4 Å². The molecule has 1 aliphatic rings. The fraction of sp³-hybridized carbons (Fsp3) is 0.692. The van der Waals surface area contributed by atoms with Gasteiger partial charge < -0.3 is 10.4 Å². The van der Waals surface area contributed by atoms with Crippen molar-refractivity contribution in [2.75, 3.05) is 0 Å². The Morgan fingerprint density at radius 2 is 2.32 bits per heavy atom. The Morgan fingerprint density at radius 3 is 2.89 bits per heavy atom. The van der Waals surface area contributed by atoms with Crippen LogP contribution in [0.25, 0.3) is 0 Å². The number of rotatable bonds is 4. The highest BCUT2D eigenvalue weighted by Gasteiger charge is 2.26. The van der Waals surface area contributed by atoms with Crippen molar-refractivity contribution in [3.8, 4) is 0 Å². The molecule has 1 aromatic rings. The van der Waals surface area contributed by atoms with Crippen LogP contribution in [0.3, 0.4) is 0 Å². The van der Waals surface area contributed by atoms with Crippen molar-refractivity contribution in [2.45, 2.75) is 45.2 Å². The van der Waals surface area contributed by atoms with Gasteiger partial charge in [-0.3, -0.25) is 9.48 Å². The monoisotopic (exact) mass is 329 g/mol. The van der Waals surface area contributed by atoms with Crippen molar-refractivity contribution in [1.82, 2.24) is 15.1 Å². The number of carbonyl (C=O) groups is 1. The Labute approximate surface area is 121 Å². The molecule has 1 aromatic heterocycles. The first kappa shape index (κ1) is 14.5. The Morgan fingerprint density at radius 1 is 1.58 bits per heavy atom. The first-order valence-corrected chi connectivity index (χ1v) is 7.42. The number of carboxylic acids is 1. The maximum absolute atomic E-state index is 11.0. The predicted molar refractivity (Wildman–Crippen MR) is 75.9 cm³/mol. The zero-order chi connectivity index (χ0) is 14.0. The zero-order valence-corrected chi connectivity index (χ0v) is 12.9. The van der Waals surface area contributed by atoms with Crippen molar-refractivity contribution in [3.05, 3.63) is 15.9 Å². The Kier molecular flexibility index (Phi) is 4.62. The molecule has 5 nitrogen and oxygen atoms in total. The molecular formula is C13H20BrN3O2. The van der Waals surface area contributed by atoms with Gasteiger partial charge in [-0.1, -0.05) is 6.42 Å². The summed E-state index contributed by atoms with van der Waals surface area (Å²) in [6, 6.07) is 0.289. The van der Waals surface area contributed by atoms with E-state index in [0.717, 1.165) is 48.1 Å². The molecule has 0 spiro atoms. The molecule has 2 rings (SSSR count). The lowest BCUT2D eigenvalue weighted by atomic mass is 9.86. The van der Waals surface area contributed by atoms with Crippen LogP contribution in [0.5, 0.6) is 0 Å². The van der Waals surface area contributed by atoms with Gasteiger partial charge in [-0.05, 0) is 42.1 Å². The normalized spacial score (nSPS) is 23.5. The summed E-state index contributed by atoms with van der Waals surface area (Å²) in [4.78, 5) is 11.0. The minimum absolute atomic E-state index is 0.192. The molecule has 0 radical (unpaired) electrons. The molecule has 1 fully saturated rings. The van der Waals surface area contributed by atoms with E-state index in [0.29, 0.717) is 0 Å². The summed E-state index contributed by atoms with van der Waals surface area (Å²) in [6.07, 6.45) is 3.57. The van der Waals surface area contributed by atoms with E-state index in [2.05, 4.69) is 26.3 Å². The fourth-order valence-corrected chi connectivity index (χ4v) is 3.19. The van der Waals surface area contributed by atoms with Gasteiger partial charge in [0, 0.05) is 19.6 Å². The lowest BCUT2D eigenvalue weighted by molar-refractivity contribution is -0.143. The Balaban J connectivity index is 1.93. The summed E-state index contributed by atoms with van der Waals surface area (Å²) in [5.74, 6) is -0.855. The molecule has 106 valence electrons. The summed E-state index contributed by atoms with van der Waals surface area (Å²) in [5, 5.41) is 16.9. The number of halogens is 1. The van der Waals surface area contributed by atoms with Gasteiger partial charge in [0.15, 0.2) is 0 Å². The largest absolute Gasteiger partial charge is 0.481 e. The van der Waals surface area contributed by atoms with Gasteiger partial charge in [0.05, 0.1) is 21.8 Å². The topological polar surface area (TPSA) is 67.2 Å². The van der Waals surface area contributed by atoms with Crippen LogP contribution >= 0.6 is 15.9 Å². The van der Waals surface area contributed by atoms with E-state index in [-0.39, 0.29) is 12.0 Å². The smallest absolute Gasteiger partial charge is 0.306 e. The summed E-state index contributed by atoms with van der Waals surface area (Å²) in [5.41, 5.74) is 2.08. The molecule has 0 aliphatic heterocycles. The molecule has 2 N–H and O–H groups in total. The maximum atomic E-state index is 11.0.